The molecule has 1 aliphatic carbocycles. The summed E-state index contributed by atoms with van der Waals surface area (Å²) in [7, 11) is 0. The normalized spacial score (nSPS) is 16.4. The second-order valence-electron chi connectivity index (χ2n) is 11.9. The lowest BCUT2D eigenvalue weighted by Gasteiger charge is -2.39. The van der Waals surface area contributed by atoms with Crippen molar-refractivity contribution in [3.8, 4) is 5.69 Å². The highest BCUT2D eigenvalue weighted by molar-refractivity contribution is 6.03. The van der Waals surface area contributed by atoms with Gasteiger partial charge in [0.15, 0.2) is 0 Å². The summed E-state index contributed by atoms with van der Waals surface area (Å²) < 4.78 is 2.17. The smallest absolute Gasteiger partial charge is 0.254 e. The molecule has 2 heterocycles. The molecule has 1 atom stereocenters. The van der Waals surface area contributed by atoms with Crippen LogP contribution in [0.4, 0.5) is 5.69 Å². The van der Waals surface area contributed by atoms with Gasteiger partial charge in [0.25, 0.3) is 5.91 Å². The summed E-state index contributed by atoms with van der Waals surface area (Å²) in [5.74, 6) is -0.153. The van der Waals surface area contributed by atoms with Crippen LogP contribution in [0.15, 0.2) is 91.1 Å². The fourth-order valence-corrected chi connectivity index (χ4v) is 5.67. The molecule has 0 radical (unpaired) electrons. The standard InChI is InChI=1S/C34H35N3O2/c1-23-9-7-10-25(21-23)32-30-13-8-20-35(30)28-11-5-6-12-29(28)37(32)31(38)22-36(27-18-19-27)33(39)24-14-16-26(17-15-24)34(2,3)4/h5-17,20-21,27,32H,18-19,22H2,1-4H3. The summed E-state index contributed by atoms with van der Waals surface area (Å²) in [5, 5.41) is 0. The van der Waals surface area contributed by atoms with E-state index in [-0.39, 0.29) is 35.9 Å². The van der Waals surface area contributed by atoms with Crippen LogP contribution >= 0.6 is 0 Å². The first-order valence-corrected chi connectivity index (χ1v) is 13.8. The predicted molar refractivity (Wildman–Crippen MR) is 155 cm³/mol. The van der Waals surface area contributed by atoms with Crippen LogP contribution in [0.1, 0.15) is 72.4 Å². The van der Waals surface area contributed by atoms with E-state index in [2.05, 4.69) is 62.7 Å². The average molecular weight is 518 g/mol. The molecule has 5 heteroatoms. The number of carbonyl (C=O) groups is 2. The van der Waals surface area contributed by atoms with Crippen LogP contribution in [0.2, 0.25) is 0 Å². The molecule has 5 nitrogen and oxygen atoms in total. The Morgan fingerprint density at radius 3 is 2.26 bits per heavy atom. The molecule has 2 aliphatic rings. The Labute approximate surface area is 230 Å². The van der Waals surface area contributed by atoms with Crippen LogP contribution < -0.4 is 4.90 Å². The maximum atomic E-state index is 14.3. The molecule has 1 aliphatic heterocycles. The monoisotopic (exact) mass is 517 g/mol. The molecule has 0 saturated heterocycles. The van der Waals surface area contributed by atoms with Crippen LogP contribution in [0.25, 0.3) is 5.69 Å². The second-order valence-corrected chi connectivity index (χ2v) is 11.9. The number of aryl methyl sites for hydroxylation is 1. The molecule has 198 valence electrons. The molecule has 6 rings (SSSR count). The molecular formula is C34H35N3O2. The molecule has 0 bridgehead atoms. The number of aromatic nitrogens is 1. The minimum Gasteiger partial charge on any atom is -0.326 e. The van der Waals surface area contributed by atoms with Crippen LogP contribution in [0.5, 0.6) is 0 Å². The van der Waals surface area contributed by atoms with Crippen LogP contribution in [0, 0.1) is 6.92 Å². The molecule has 3 aromatic carbocycles. The van der Waals surface area contributed by atoms with Gasteiger partial charge in [0.1, 0.15) is 12.6 Å². The minimum absolute atomic E-state index is 0.0118. The minimum atomic E-state index is -0.287. The van der Waals surface area contributed by atoms with Gasteiger partial charge in [0.05, 0.1) is 17.1 Å². The highest BCUT2D eigenvalue weighted by Gasteiger charge is 2.40. The molecule has 2 amide bonds. The summed E-state index contributed by atoms with van der Waals surface area (Å²) in [5.41, 5.74) is 6.89. The molecule has 1 aromatic heterocycles. The third-order valence-corrected chi connectivity index (χ3v) is 7.90. The number of fused-ring (bicyclic) bond motifs is 3. The number of carbonyl (C=O) groups excluding carboxylic acids is 2. The first kappa shape index (κ1) is 25.2. The zero-order valence-electron chi connectivity index (χ0n) is 23.1. The largest absolute Gasteiger partial charge is 0.326 e. The zero-order chi connectivity index (χ0) is 27.3. The number of hydrogen-bond donors (Lipinski definition) is 0. The highest BCUT2D eigenvalue weighted by Crippen LogP contribution is 2.43. The fraction of sp³-hybridized carbons (Fsp3) is 0.294. The highest BCUT2D eigenvalue weighted by atomic mass is 16.2. The van der Waals surface area contributed by atoms with E-state index in [4.69, 9.17) is 0 Å². The first-order chi connectivity index (χ1) is 18.7. The quantitative estimate of drug-likeness (QED) is 0.291. The lowest BCUT2D eigenvalue weighted by Crippen LogP contribution is -2.47. The van der Waals surface area contributed by atoms with Gasteiger partial charge in [-0.2, -0.15) is 0 Å². The Hall–Kier alpha value is -4.12. The number of amides is 2. The van der Waals surface area contributed by atoms with Crippen molar-refractivity contribution in [1.29, 1.82) is 0 Å². The zero-order valence-corrected chi connectivity index (χ0v) is 23.1. The number of nitrogens with zero attached hydrogens (tertiary/aromatic N) is 3. The van der Waals surface area contributed by atoms with Gasteiger partial charge in [-0.1, -0.05) is 74.9 Å². The van der Waals surface area contributed by atoms with E-state index in [0.29, 0.717) is 5.56 Å². The number of anilines is 1. The van der Waals surface area contributed by atoms with Crippen LogP contribution in [-0.2, 0) is 10.2 Å². The SMILES string of the molecule is Cc1cccc(C2c3cccn3-c3ccccc3N2C(=O)CN(C(=O)c2ccc(C(C)(C)C)cc2)C2CC2)c1. The molecule has 39 heavy (non-hydrogen) atoms. The van der Waals surface area contributed by atoms with Crippen molar-refractivity contribution in [2.45, 2.75) is 58.0 Å². The van der Waals surface area contributed by atoms with Gasteiger partial charge < -0.3 is 9.47 Å². The van der Waals surface area contributed by atoms with Gasteiger partial charge in [-0.15, -0.1) is 0 Å². The van der Waals surface area contributed by atoms with Crippen molar-refractivity contribution in [2.24, 2.45) is 0 Å². The second kappa shape index (κ2) is 9.57. The summed E-state index contributed by atoms with van der Waals surface area (Å²) in [6.45, 7) is 8.61. The van der Waals surface area contributed by atoms with Crippen LogP contribution in [0.3, 0.4) is 0 Å². The Bertz CT molecular complexity index is 1540. The topological polar surface area (TPSA) is 45.6 Å². The van der Waals surface area contributed by atoms with Gasteiger partial charge in [0.2, 0.25) is 5.91 Å². The molecule has 1 saturated carbocycles. The van der Waals surface area contributed by atoms with Gasteiger partial charge in [-0.3, -0.25) is 14.5 Å². The van der Waals surface area contributed by atoms with Crippen molar-refractivity contribution in [3.63, 3.8) is 0 Å². The maximum Gasteiger partial charge on any atom is 0.254 e. The summed E-state index contributed by atoms with van der Waals surface area (Å²) in [6, 6.07) is 28.2. The van der Waals surface area contributed by atoms with E-state index in [9.17, 15) is 9.59 Å². The third-order valence-electron chi connectivity index (χ3n) is 7.90. The predicted octanol–water partition coefficient (Wildman–Crippen LogP) is 6.82. The van der Waals surface area contributed by atoms with E-state index < -0.39 is 0 Å². The lowest BCUT2D eigenvalue weighted by molar-refractivity contribution is -0.119. The van der Waals surface area contributed by atoms with E-state index >= 15 is 0 Å². The fourth-order valence-electron chi connectivity index (χ4n) is 5.67. The molecule has 0 spiro atoms. The van der Waals surface area contributed by atoms with E-state index in [1.54, 1.807) is 4.90 Å². The number of benzene rings is 3. The van der Waals surface area contributed by atoms with Gasteiger partial charge in [-0.25, -0.2) is 0 Å². The van der Waals surface area contributed by atoms with Crippen LogP contribution in [-0.4, -0.2) is 33.9 Å². The summed E-state index contributed by atoms with van der Waals surface area (Å²) in [4.78, 5) is 31.8. The van der Waals surface area contributed by atoms with Crippen molar-refractivity contribution >= 4 is 17.5 Å². The number of para-hydroxylation sites is 2. The Morgan fingerprint density at radius 1 is 0.872 bits per heavy atom. The number of hydrogen-bond acceptors (Lipinski definition) is 2. The number of rotatable bonds is 5. The molecule has 4 aromatic rings. The summed E-state index contributed by atoms with van der Waals surface area (Å²) in [6.07, 6.45) is 3.92. The third kappa shape index (κ3) is 4.67. The Morgan fingerprint density at radius 2 is 1.59 bits per heavy atom. The Kier molecular flexibility index (Phi) is 6.17. The Balaban J connectivity index is 1.37. The van der Waals surface area contributed by atoms with Crippen molar-refractivity contribution in [1.82, 2.24) is 9.47 Å². The van der Waals surface area contributed by atoms with Gasteiger partial charge in [0, 0.05) is 17.8 Å². The summed E-state index contributed by atoms with van der Waals surface area (Å²) >= 11 is 0. The molecular weight excluding hydrogens is 482 g/mol. The molecule has 0 N–H and O–H groups in total. The van der Waals surface area contributed by atoms with Crippen molar-refractivity contribution < 1.29 is 9.59 Å². The van der Waals surface area contributed by atoms with Crippen molar-refractivity contribution in [2.75, 3.05) is 11.4 Å². The lowest BCUT2D eigenvalue weighted by atomic mass is 9.86. The van der Waals surface area contributed by atoms with E-state index in [1.165, 1.54) is 5.56 Å². The molecule has 1 unspecified atom stereocenters. The van der Waals surface area contributed by atoms with E-state index in [1.807, 2.05) is 65.6 Å². The van der Waals surface area contributed by atoms with Gasteiger partial charge >= 0.3 is 0 Å². The maximum absolute atomic E-state index is 14.3. The average Bonchev–Trinajstić information content (AvgIpc) is 3.65. The molecule has 1 fully saturated rings. The van der Waals surface area contributed by atoms with Gasteiger partial charge in [-0.05, 0) is 72.7 Å². The van der Waals surface area contributed by atoms with E-state index in [0.717, 1.165) is 41.0 Å². The van der Waals surface area contributed by atoms with Crippen molar-refractivity contribution in [3.05, 3.63) is 119 Å². The first-order valence-electron chi connectivity index (χ1n) is 13.8.